The lowest BCUT2D eigenvalue weighted by Crippen LogP contribution is -2.26. The smallest absolute Gasteiger partial charge is 0.0725 e. The van der Waals surface area contributed by atoms with E-state index in [-0.39, 0.29) is 16.2 Å². The summed E-state index contributed by atoms with van der Waals surface area (Å²) < 4.78 is 0. The van der Waals surface area contributed by atoms with Gasteiger partial charge in [0.05, 0.1) is 5.41 Å². The van der Waals surface area contributed by atoms with Gasteiger partial charge in [-0.1, -0.05) is 210 Å². The minimum absolute atomic E-state index is 0.103. The quantitative estimate of drug-likeness (QED) is 0.167. The largest absolute Gasteiger partial charge is 0.310 e. The summed E-state index contributed by atoms with van der Waals surface area (Å²) in [6.07, 6.45) is 0. The topological polar surface area (TPSA) is 3.24 Å². The van der Waals surface area contributed by atoms with Crippen molar-refractivity contribution in [3.63, 3.8) is 0 Å². The number of anilines is 3. The lowest BCUT2D eigenvalue weighted by Gasteiger charge is -2.31. The van der Waals surface area contributed by atoms with Crippen LogP contribution >= 0.6 is 0 Å². The molecule has 1 heteroatoms. The summed E-state index contributed by atoms with van der Waals surface area (Å²) in [6.45, 7) is 9.57. The van der Waals surface area contributed by atoms with Gasteiger partial charge in [-0.3, -0.25) is 0 Å². The molecule has 68 heavy (non-hydrogen) atoms. The molecule has 4 aliphatic rings. The van der Waals surface area contributed by atoms with Crippen LogP contribution in [-0.4, -0.2) is 0 Å². The third-order valence-corrected chi connectivity index (χ3v) is 16.3. The zero-order chi connectivity index (χ0) is 45.5. The first-order valence-electron chi connectivity index (χ1n) is 24.2. The molecule has 0 saturated heterocycles. The van der Waals surface area contributed by atoms with Gasteiger partial charge in [0.2, 0.25) is 0 Å². The number of hydrogen-bond donors (Lipinski definition) is 0. The van der Waals surface area contributed by atoms with Crippen LogP contribution < -0.4 is 4.90 Å². The van der Waals surface area contributed by atoms with Crippen molar-refractivity contribution in [3.8, 4) is 66.8 Å². The number of fused-ring (bicyclic) bond motifs is 17. The second-order valence-corrected chi connectivity index (χ2v) is 20.4. The van der Waals surface area contributed by atoms with Gasteiger partial charge in [0.25, 0.3) is 0 Å². The van der Waals surface area contributed by atoms with E-state index in [1.165, 1.54) is 111 Å². The highest BCUT2D eigenvalue weighted by Gasteiger charge is 2.53. The highest BCUT2D eigenvalue weighted by molar-refractivity contribution is 6.03. The highest BCUT2D eigenvalue weighted by atomic mass is 15.1. The Morgan fingerprint density at radius 3 is 1.26 bits per heavy atom. The molecule has 0 unspecified atom stereocenters. The van der Waals surface area contributed by atoms with Crippen molar-refractivity contribution < 1.29 is 0 Å². The van der Waals surface area contributed by atoms with Crippen molar-refractivity contribution in [1.82, 2.24) is 0 Å². The van der Waals surface area contributed by atoms with Gasteiger partial charge in [0.1, 0.15) is 0 Å². The molecule has 0 fully saturated rings. The summed E-state index contributed by atoms with van der Waals surface area (Å²) >= 11 is 0. The fraction of sp³-hybridized carbons (Fsp3) is 0.104. The van der Waals surface area contributed by atoms with Crippen molar-refractivity contribution in [2.75, 3.05) is 4.90 Å². The number of hydrogen-bond acceptors (Lipinski definition) is 1. The van der Waals surface area contributed by atoms with Crippen LogP contribution in [0.1, 0.15) is 72.2 Å². The monoisotopic (exact) mass is 867 g/mol. The van der Waals surface area contributed by atoms with E-state index in [9.17, 15) is 0 Å². The predicted octanol–water partition coefficient (Wildman–Crippen LogP) is 17.4. The molecule has 0 aliphatic heterocycles. The molecule has 322 valence electrons. The third-order valence-electron chi connectivity index (χ3n) is 16.3. The maximum atomic E-state index is 2.48. The minimum Gasteiger partial charge on any atom is -0.310 e. The van der Waals surface area contributed by atoms with Crippen LogP contribution in [0.2, 0.25) is 0 Å². The van der Waals surface area contributed by atoms with E-state index in [4.69, 9.17) is 0 Å². The SMILES string of the molecule is CC1(C)c2ccccc2-c2ccc(N(c3ccc(-c4ccccc4)cc3)c3ccc(-c4ccc5c(c4)C(C)(C)c4ccc6c(c4-5)-c4ccccc4C64c5ccccc5-c5ccccc54)cc3)cc21. The molecule has 0 N–H and O–H groups in total. The van der Waals surface area contributed by atoms with E-state index in [0.29, 0.717) is 0 Å². The summed E-state index contributed by atoms with van der Waals surface area (Å²) in [5.41, 5.74) is 29.6. The molecule has 0 saturated carbocycles. The van der Waals surface area contributed by atoms with E-state index in [1.807, 2.05) is 0 Å². The summed E-state index contributed by atoms with van der Waals surface area (Å²) in [5, 5.41) is 0. The van der Waals surface area contributed by atoms with Crippen LogP contribution in [0.4, 0.5) is 17.1 Å². The van der Waals surface area contributed by atoms with Gasteiger partial charge in [-0.2, -0.15) is 0 Å². The molecule has 14 rings (SSSR count). The first kappa shape index (κ1) is 39.2. The second-order valence-electron chi connectivity index (χ2n) is 20.4. The van der Waals surface area contributed by atoms with Gasteiger partial charge in [-0.25, -0.2) is 0 Å². The van der Waals surface area contributed by atoms with E-state index in [2.05, 4.69) is 257 Å². The average Bonchev–Trinajstić information content (AvgIpc) is 4.02. The predicted molar refractivity (Wildman–Crippen MR) is 283 cm³/mol. The second kappa shape index (κ2) is 14.0. The van der Waals surface area contributed by atoms with Gasteiger partial charge >= 0.3 is 0 Å². The van der Waals surface area contributed by atoms with Crippen molar-refractivity contribution in [1.29, 1.82) is 0 Å². The number of rotatable bonds is 5. The Kier molecular flexibility index (Phi) is 8.08. The van der Waals surface area contributed by atoms with E-state index >= 15 is 0 Å². The molecule has 0 bridgehead atoms. The minimum atomic E-state index is -0.360. The fourth-order valence-electron chi connectivity index (χ4n) is 13.1. The van der Waals surface area contributed by atoms with Crippen molar-refractivity contribution >= 4 is 17.1 Å². The lowest BCUT2D eigenvalue weighted by molar-refractivity contribution is 0.660. The van der Waals surface area contributed by atoms with Gasteiger partial charge < -0.3 is 4.90 Å². The summed E-state index contributed by atoms with van der Waals surface area (Å²) in [6, 6.07) is 84.5. The molecule has 0 radical (unpaired) electrons. The van der Waals surface area contributed by atoms with Gasteiger partial charge in [-0.05, 0) is 154 Å². The van der Waals surface area contributed by atoms with Crippen LogP contribution in [-0.2, 0) is 16.2 Å². The van der Waals surface area contributed by atoms with Crippen molar-refractivity contribution in [2.45, 2.75) is 43.9 Å². The summed E-state index contributed by atoms with van der Waals surface area (Å²) in [5.74, 6) is 0. The van der Waals surface area contributed by atoms with E-state index in [1.54, 1.807) is 0 Å². The maximum Gasteiger partial charge on any atom is 0.0725 e. The van der Waals surface area contributed by atoms with Crippen LogP contribution in [0.3, 0.4) is 0 Å². The van der Waals surface area contributed by atoms with Crippen LogP contribution in [0.15, 0.2) is 224 Å². The molecular formula is C67H49N. The molecule has 0 heterocycles. The van der Waals surface area contributed by atoms with Crippen LogP contribution in [0.5, 0.6) is 0 Å². The molecule has 0 amide bonds. The zero-order valence-corrected chi connectivity index (χ0v) is 38.8. The van der Waals surface area contributed by atoms with E-state index in [0.717, 1.165) is 17.1 Å². The molecular weight excluding hydrogens is 819 g/mol. The normalized spacial score (nSPS) is 15.1. The van der Waals surface area contributed by atoms with Gasteiger partial charge in [0.15, 0.2) is 0 Å². The molecule has 4 aliphatic carbocycles. The molecule has 10 aromatic carbocycles. The molecule has 1 nitrogen and oxygen atoms in total. The Hall–Kier alpha value is -8.00. The Morgan fingerprint density at radius 1 is 0.250 bits per heavy atom. The Balaban J connectivity index is 0.874. The van der Waals surface area contributed by atoms with Gasteiger partial charge in [0, 0.05) is 27.9 Å². The van der Waals surface area contributed by atoms with E-state index < -0.39 is 0 Å². The fourth-order valence-corrected chi connectivity index (χ4v) is 13.1. The zero-order valence-electron chi connectivity index (χ0n) is 38.8. The van der Waals surface area contributed by atoms with Crippen molar-refractivity contribution in [2.24, 2.45) is 0 Å². The number of benzene rings is 10. The maximum absolute atomic E-state index is 2.48. The first-order chi connectivity index (χ1) is 33.2. The summed E-state index contributed by atoms with van der Waals surface area (Å²) in [4.78, 5) is 2.42. The number of nitrogens with zero attached hydrogens (tertiary/aromatic N) is 1. The molecule has 0 aromatic heterocycles. The lowest BCUT2D eigenvalue weighted by atomic mass is 9.70. The Morgan fingerprint density at radius 2 is 0.632 bits per heavy atom. The third kappa shape index (κ3) is 5.17. The first-order valence-corrected chi connectivity index (χ1v) is 24.2. The van der Waals surface area contributed by atoms with Gasteiger partial charge in [-0.15, -0.1) is 0 Å². The average molecular weight is 868 g/mol. The standard InChI is InChI=1S/C67H49N/c1-65(2)55-22-12-8-18-49(55)52-37-35-48(41-62(52)65)68(46-31-26-43(27-32-46)42-16-6-5-7-17-42)47-33-28-44(29-34-47)45-30-36-54-61(40-45)66(3,4)59-38-39-60-64(63(54)59)53-21-11-15-25-58(53)67(60)56-23-13-9-19-50(56)51-20-10-14-24-57(51)67/h5-41H,1-4H3. The van der Waals surface area contributed by atoms with Crippen LogP contribution in [0, 0.1) is 0 Å². The molecule has 1 spiro atoms. The highest BCUT2D eigenvalue weighted by Crippen LogP contribution is 2.66. The molecule has 10 aromatic rings. The molecule has 0 atom stereocenters. The van der Waals surface area contributed by atoms with Crippen LogP contribution in [0.25, 0.3) is 66.8 Å². The van der Waals surface area contributed by atoms with Crippen molar-refractivity contribution in [3.05, 3.63) is 269 Å². The Bertz CT molecular complexity index is 3670. The summed E-state index contributed by atoms with van der Waals surface area (Å²) in [7, 11) is 0. The Labute approximate surface area is 399 Å².